The van der Waals surface area contributed by atoms with E-state index in [0.29, 0.717) is 12.6 Å². The minimum Gasteiger partial charge on any atom is -0.450 e. The summed E-state index contributed by atoms with van der Waals surface area (Å²) in [6.07, 6.45) is 5.52. The fourth-order valence-electron chi connectivity index (χ4n) is 5.52. The lowest BCUT2D eigenvalue weighted by Gasteiger charge is -2.43. The van der Waals surface area contributed by atoms with Gasteiger partial charge in [0.15, 0.2) is 0 Å². The normalized spacial score (nSPS) is 22.5. The van der Waals surface area contributed by atoms with E-state index in [9.17, 15) is 14.0 Å². The van der Waals surface area contributed by atoms with Crippen molar-refractivity contribution in [2.75, 3.05) is 38.7 Å². The number of amides is 3. The van der Waals surface area contributed by atoms with Gasteiger partial charge in [-0.3, -0.25) is 4.90 Å². The van der Waals surface area contributed by atoms with Gasteiger partial charge in [-0.05, 0) is 76.6 Å². The maximum Gasteiger partial charge on any atom is 0.410 e. The van der Waals surface area contributed by atoms with Gasteiger partial charge in [-0.2, -0.15) is 0 Å². The Labute approximate surface area is 203 Å². The van der Waals surface area contributed by atoms with E-state index in [0.717, 1.165) is 57.3 Å². The molecule has 34 heavy (non-hydrogen) atoms. The van der Waals surface area contributed by atoms with E-state index in [4.69, 9.17) is 4.74 Å². The van der Waals surface area contributed by atoms with Gasteiger partial charge < -0.3 is 19.4 Å². The molecule has 0 saturated carbocycles. The number of benzene rings is 1. The molecule has 3 atom stereocenters. The van der Waals surface area contributed by atoms with Crippen molar-refractivity contribution in [1.82, 2.24) is 14.7 Å². The van der Waals surface area contributed by atoms with Crippen molar-refractivity contribution < 1.29 is 18.7 Å². The van der Waals surface area contributed by atoms with Crippen molar-refractivity contribution in [3.63, 3.8) is 0 Å². The molecule has 3 unspecified atom stereocenters. The summed E-state index contributed by atoms with van der Waals surface area (Å²) in [4.78, 5) is 33.4. The predicted molar refractivity (Wildman–Crippen MR) is 133 cm³/mol. The SMILES string of the molecule is CCOC(=O)N1C(C)CCC1CC(CC)N1CCC(N(C(=O)N(C)C)c2ccc(F)cc2)CC1. The Morgan fingerprint density at radius 3 is 2.29 bits per heavy atom. The highest BCUT2D eigenvalue weighted by Crippen LogP contribution is 2.32. The van der Waals surface area contributed by atoms with E-state index >= 15 is 0 Å². The molecule has 2 aliphatic heterocycles. The van der Waals surface area contributed by atoms with Crippen LogP contribution in [0.25, 0.3) is 0 Å². The Hall–Kier alpha value is -2.35. The Bertz CT molecular complexity index is 811. The molecule has 190 valence electrons. The zero-order valence-corrected chi connectivity index (χ0v) is 21.4. The summed E-state index contributed by atoms with van der Waals surface area (Å²) in [5.41, 5.74) is 0.732. The van der Waals surface area contributed by atoms with Gasteiger partial charge in [0.1, 0.15) is 5.82 Å². The lowest BCUT2D eigenvalue weighted by molar-refractivity contribution is 0.0740. The first-order valence-corrected chi connectivity index (χ1v) is 12.7. The molecule has 3 amide bonds. The fourth-order valence-corrected chi connectivity index (χ4v) is 5.52. The lowest BCUT2D eigenvalue weighted by Crippen LogP contribution is -2.53. The maximum absolute atomic E-state index is 13.5. The van der Waals surface area contributed by atoms with Crippen molar-refractivity contribution in [2.24, 2.45) is 0 Å². The second-order valence-electron chi connectivity index (χ2n) is 9.77. The van der Waals surface area contributed by atoms with Gasteiger partial charge in [-0.1, -0.05) is 6.92 Å². The molecule has 2 aliphatic rings. The predicted octanol–water partition coefficient (Wildman–Crippen LogP) is 4.96. The van der Waals surface area contributed by atoms with E-state index < -0.39 is 0 Å². The van der Waals surface area contributed by atoms with Crippen LogP contribution in [0.1, 0.15) is 59.3 Å². The van der Waals surface area contributed by atoms with Crippen molar-refractivity contribution in [3.8, 4) is 0 Å². The molecule has 1 aromatic rings. The Balaban J connectivity index is 1.66. The van der Waals surface area contributed by atoms with E-state index in [1.165, 1.54) is 12.1 Å². The molecule has 0 aliphatic carbocycles. The minimum atomic E-state index is -0.306. The first-order chi connectivity index (χ1) is 16.3. The molecule has 8 heteroatoms. The number of anilines is 1. The number of nitrogens with zero attached hydrogens (tertiary/aromatic N) is 4. The number of halogens is 1. The summed E-state index contributed by atoms with van der Waals surface area (Å²) < 4.78 is 18.8. The lowest BCUT2D eigenvalue weighted by atomic mass is 9.96. The van der Waals surface area contributed by atoms with E-state index in [2.05, 4.69) is 18.7 Å². The van der Waals surface area contributed by atoms with Gasteiger partial charge in [0.25, 0.3) is 0 Å². The minimum absolute atomic E-state index is 0.0663. The summed E-state index contributed by atoms with van der Waals surface area (Å²) in [6, 6.07) is 6.98. The number of piperidine rings is 1. The zero-order chi connectivity index (χ0) is 24.8. The standard InChI is InChI=1S/C26H41FN4O3/c1-6-21(18-24-11-8-19(3)30(24)26(33)34-7-2)29-16-14-23(15-17-29)31(25(32)28(4)5)22-12-9-20(27)10-13-22/h9-10,12-13,19,21,23-24H,6-8,11,14-18H2,1-5H3. The number of ether oxygens (including phenoxy) is 1. The van der Waals surface area contributed by atoms with Gasteiger partial charge in [0.2, 0.25) is 0 Å². The third-order valence-electron chi connectivity index (χ3n) is 7.35. The molecule has 2 heterocycles. The van der Waals surface area contributed by atoms with Crippen molar-refractivity contribution >= 4 is 17.8 Å². The molecular weight excluding hydrogens is 435 g/mol. The van der Waals surface area contributed by atoms with Crippen LogP contribution in [0.3, 0.4) is 0 Å². The molecule has 1 aromatic carbocycles. The molecule has 7 nitrogen and oxygen atoms in total. The second-order valence-corrected chi connectivity index (χ2v) is 9.77. The van der Waals surface area contributed by atoms with Gasteiger partial charge >= 0.3 is 12.1 Å². The first kappa shape index (κ1) is 26.3. The van der Waals surface area contributed by atoms with Gasteiger partial charge in [0, 0.05) is 57.0 Å². The summed E-state index contributed by atoms with van der Waals surface area (Å²) in [6.45, 7) is 8.35. The average Bonchev–Trinajstić information content (AvgIpc) is 3.19. The first-order valence-electron chi connectivity index (χ1n) is 12.7. The summed E-state index contributed by atoms with van der Waals surface area (Å²) >= 11 is 0. The second kappa shape index (κ2) is 11.9. The Morgan fingerprint density at radius 2 is 1.74 bits per heavy atom. The van der Waals surface area contributed by atoms with Crippen LogP contribution in [0.4, 0.5) is 19.7 Å². The van der Waals surface area contributed by atoms with Crippen LogP contribution in [-0.4, -0.2) is 84.8 Å². The number of rotatable bonds is 7. The number of hydrogen-bond donors (Lipinski definition) is 0. The van der Waals surface area contributed by atoms with E-state index in [-0.39, 0.29) is 36.1 Å². The molecule has 0 bridgehead atoms. The van der Waals surface area contributed by atoms with Crippen molar-refractivity contribution in [1.29, 1.82) is 0 Å². The summed E-state index contributed by atoms with van der Waals surface area (Å²) in [7, 11) is 3.50. The fraction of sp³-hybridized carbons (Fsp3) is 0.692. The molecular formula is C26H41FN4O3. The van der Waals surface area contributed by atoms with E-state index in [1.54, 1.807) is 31.1 Å². The largest absolute Gasteiger partial charge is 0.450 e. The molecule has 0 N–H and O–H groups in total. The number of hydrogen-bond acceptors (Lipinski definition) is 4. The van der Waals surface area contributed by atoms with Crippen LogP contribution in [0.5, 0.6) is 0 Å². The number of carbonyl (C=O) groups excluding carboxylic acids is 2. The topological polar surface area (TPSA) is 56.3 Å². The number of carbonyl (C=O) groups is 2. The highest BCUT2D eigenvalue weighted by molar-refractivity contribution is 5.92. The Morgan fingerprint density at radius 1 is 1.09 bits per heavy atom. The molecule has 0 spiro atoms. The van der Waals surface area contributed by atoms with Crippen molar-refractivity contribution in [2.45, 2.75) is 83.5 Å². The van der Waals surface area contributed by atoms with Crippen LogP contribution in [-0.2, 0) is 4.74 Å². The van der Waals surface area contributed by atoms with Crippen LogP contribution >= 0.6 is 0 Å². The molecule has 2 saturated heterocycles. The maximum atomic E-state index is 13.5. The number of urea groups is 1. The smallest absolute Gasteiger partial charge is 0.410 e. The highest BCUT2D eigenvalue weighted by atomic mass is 19.1. The van der Waals surface area contributed by atoms with Crippen molar-refractivity contribution in [3.05, 3.63) is 30.1 Å². The van der Waals surface area contributed by atoms with Gasteiger partial charge in [-0.15, -0.1) is 0 Å². The Kier molecular flexibility index (Phi) is 9.17. The number of likely N-dealkylation sites (tertiary alicyclic amines) is 2. The third-order valence-corrected chi connectivity index (χ3v) is 7.35. The molecule has 0 aromatic heterocycles. The summed E-state index contributed by atoms with van der Waals surface area (Å²) in [5.74, 6) is -0.306. The quantitative estimate of drug-likeness (QED) is 0.558. The van der Waals surface area contributed by atoms with Crippen LogP contribution in [0.15, 0.2) is 24.3 Å². The van der Waals surface area contributed by atoms with Crippen LogP contribution < -0.4 is 4.90 Å². The van der Waals surface area contributed by atoms with Crippen LogP contribution in [0, 0.1) is 5.82 Å². The molecule has 3 rings (SSSR count). The van der Waals surface area contributed by atoms with Gasteiger partial charge in [-0.25, -0.2) is 14.0 Å². The zero-order valence-electron chi connectivity index (χ0n) is 21.4. The summed E-state index contributed by atoms with van der Waals surface area (Å²) in [5, 5.41) is 0. The molecule has 0 radical (unpaired) electrons. The van der Waals surface area contributed by atoms with Gasteiger partial charge in [0.05, 0.1) is 6.61 Å². The average molecular weight is 477 g/mol. The highest BCUT2D eigenvalue weighted by Gasteiger charge is 2.38. The molecule has 2 fully saturated rings. The van der Waals surface area contributed by atoms with Crippen LogP contribution in [0.2, 0.25) is 0 Å². The van der Waals surface area contributed by atoms with E-state index in [1.807, 2.05) is 16.7 Å². The third kappa shape index (κ3) is 6.01. The monoisotopic (exact) mass is 476 g/mol.